The summed E-state index contributed by atoms with van der Waals surface area (Å²) in [6.07, 6.45) is 6.97. The van der Waals surface area contributed by atoms with E-state index in [0.717, 1.165) is 18.4 Å². The van der Waals surface area contributed by atoms with E-state index in [1.165, 1.54) is 25.7 Å². The molecule has 0 spiro atoms. The molecule has 0 heterocycles. The van der Waals surface area contributed by atoms with Gasteiger partial charge in [-0.1, -0.05) is 70.6 Å². The molecule has 4 heteroatoms. The molecule has 0 saturated carbocycles. The minimum absolute atomic E-state index is 0.244. The second-order valence-electron chi connectivity index (χ2n) is 6.66. The second-order valence-corrected chi connectivity index (χ2v) is 8.28. The molecule has 0 N–H and O–H groups in total. The monoisotopic (exact) mass is 340 g/mol. The lowest BCUT2D eigenvalue weighted by atomic mass is 9.91. The Kier molecular flexibility index (Phi) is 8.85. The average molecular weight is 341 g/mol. The van der Waals surface area contributed by atoms with Gasteiger partial charge in [0.25, 0.3) is 10.1 Å². The highest BCUT2D eigenvalue weighted by Gasteiger charge is 2.19. The van der Waals surface area contributed by atoms with Gasteiger partial charge in [-0.15, -0.1) is 0 Å². The summed E-state index contributed by atoms with van der Waals surface area (Å²) in [6, 6.07) is 6.81. The zero-order valence-corrected chi connectivity index (χ0v) is 15.9. The summed E-state index contributed by atoms with van der Waals surface area (Å²) in [5.41, 5.74) is 1.04. The zero-order valence-electron chi connectivity index (χ0n) is 15.0. The summed E-state index contributed by atoms with van der Waals surface area (Å²) in [7, 11) is -3.64. The SMILES string of the molecule is CCCCC[C@@H](C)C[C@@H](CC)COS(=O)(=O)c1ccc(C)cc1. The largest absolute Gasteiger partial charge is 0.296 e. The molecule has 0 saturated heterocycles. The van der Waals surface area contributed by atoms with Crippen molar-refractivity contribution in [1.29, 1.82) is 0 Å². The standard InChI is InChI=1S/C19H32O3S/c1-5-7-8-9-17(4)14-18(6-2)15-22-23(20,21)19-12-10-16(3)11-13-19/h10-13,17-18H,5-9,14-15H2,1-4H3/t17-,18-/m1/s1. The van der Waals surface area contributed by atoms with Crippen LogP contribution >= 0.6 is 0 Å². The van der Waals surface area contributed by atoms with Gasteiger partial charge in [-0.25, -0.2) is 0 Å². The Morgan fingerprint density at radius 1 is 1.09 bits per heavy atom. The second kappa shape index (κ2) is 10.1. The Morgan fingerprint density at radius 3 is 2.30 bits per heavy atom. The molecule has 132 valence electrons. The van der Waals surface area contributed by atoms with E-state index < -0.39 is 10.1 Å². The fraction of sp³-hybridized carbons (Fsp3) is 0.684. The molecular weight excluding hydrogens is 308 g/mol. The van der Waals surface area contributed by atoms with E-state index in [0.29, 0.717) is 11.8 Å². The summed E-state index contributed by atoms with van der Waals surface area (Å²) >= 11 is 0. The molecule has 1 aromatic carbocycles. The van der Waals surface area contributed by atoms with Crippen molar-refractivity contribution < 1.29 is 12.6 Å². The highest BCUT2D eigenvalue weighted by atomic mass is 32.2. The van der Waals surface area contributed by atoms with Crippen LogP contribution in [0, 0.1) is 18.8 Å². The van der Waals surface area contributed by atoms with Crippen LogP contribution in [-0.4, -0.2) is 15.0 Å². The van der Waals surface area contributed by atoms with Crippen molar-refractivity contribution in [2.75, 3.05) is 6.61 Å². The minimum atomic E-state index is -3.64. The lowest BCUT2D eigenvalue weighted by Gasteiger charge is -2.19. The molecule has 0 bridgehead atoms. The minimum Gasteiger partial charge on any atom is -0.266 e. The maximum Gasteiger partial charge on any atom is 0.296 e. The van der Waals surface area contributed by atoms with Gasteiger partial charge in [-0.05, 0) is 37.3 Å². The van der Waals surface area contributed by atoms with Gasteiger partial charge in [-0.2, -0.15) is 8.42 Å². The predicted octanol–water partition coefficient (Wildman–Crippen LogP) is 5.33. The normalized spacial score (nSPS) is 14.6. The van der Waals surface area contributed by atoms with Crippen molar-refractivity contribution in [2.24, 2.45) is 11.8 Å². The Balaban J connectivity index is 2.51. The molecule has 0 aromatic heterocycles. The molecule has 0 aliphatic heterocycles. The van der Waals surface area contributed by atoms with Gasteiger partial charge in [0.1, 0.15) is 0 Å². The topological polar surface area (TPSA) is 43.4 Å². The quantitative estimate of drug-likeness (QED) is 0.404. The first-order valence-corrected chi connectivity index (χ1v) is 10.3. The van der Waals surface area contributed by atoms with Gasteiger partial charge >= 0.3 is 0 Å². The number of rotatable bonds is 11. The van der Waals surface area contributed by atoms with Crippen LogP contribution in [0.2, 0.25) is 0 Å². The molecule has 0 radical (unpaired) electrons. The summed E-state index contributed by atoms with van der Waals surface area (Å²) < 4.78 is 29.8. The number of benzene rings is 1. The maximum absolute atomic E-state index is 12.2. The van der Waals surface area contributed by atoms with Crippen LogP contribution in [0.15, 0.2) is 29.2 Å². The highest BCUT2D eigenvalue weighted by molar-refractivity contribution is 7.86. The molecule has 1 aromatic rings. The van der Waals surface area contributed by atoms with Crippen LogP contribution < -0.4 is 0 Å². The first-order valence-electron chi connectivity index (χ1n) is 8.85. The highest BCUT2D eigenvalue weighted by Crippen LogP contribution is 2.23. The van der Waals surface area contributed by atoms with Crippen LogP contribution in [0.25, 0.3) is 0 Å². The van der Waals surface area contributed by atoms with Gasteiger partial charge in [0.15, 0.2) is 0 Å². The average Bonchev–Trinajstić information content (AvgIpc) is 2.52. The third kappa shape index (κ3) is 7.49. The summed E-state index contributed by atoms with van der Waals surface area (Å²) in [4.78, 5) is 0.244. The van der Waals surface area contributed by atoms with Crippen molar-refractivity contribution >= 4 is 10.1 Å². The smallest absolute Gasteiger partial charge is 0.266 e. The van der Waals surface area contributed by atoms with E-state index in [4.69, 9.17) is 4.18 Å². The van der Waals surface area contributed by atoms with E-state index in [-0.39, 0.29) is 11.5 Å². The van der Waals surface area contributed by atoms with Gasteiger partial charge in [0, 0.05) is 0 Å². The van der Waals surface area contributed by atoms with Crippen LogP contribution in [0.4, 0.5) is 0 Å². The Hall–Kier alpha value is -0.870. The van der Waals surface area contributed by atoms with Gasteiger partial charge < -0.3 is 0 Å². The molecule has 1 rings (SSSR count). The van der Waals surface area contributed by atoms with E-state index in [1.54, 1.807) is 24.3 Å². The van der Waals surface area contributed by atoms with Crippen molar-refractivity contribution in [2.45, 2.75) is 71.1 Å². The Bertz CT molecular complexity index is 534. The van der Waals surface area contributed by atoms with Gasteiger partial charge in [0.2, 0.25) is 0 Å². The fourth-order valence-corrected chi connectivity index (χ4v) is 3.72. The van der Waals surface area contributed by atoms with Crippen molar-refractivity contribution in [1.82, 2.24) is 0 Å². The zero-order chi connectivity index (χ0) is 17.3. The number of hydrogen-bond donors (Lipinski definition) is 0. The molecule has 23 heavy (non-hydrogen) atoms. The van der Waals surface area contributed by atoms with E-state index in [2.05, 4.69) is 20.8 Å². The number of hydrogen-bond acceptors (Lipinski definition) is 3. The molecule has 0 aliphatic rings. The van der Waals surface area contributed by atoms with E-state index >= 15 is 0 Å². The first kappa shape index (κ1) is 20.2. The van der Waals surface area contributed by atoms with Gasteiger partial charge in [0.05, 0.1) is 11.5 Å². The van der Waals surface area contributed by atoms with E-state index in [1.807, 2.05) is 6.92 Å². The van der Waals surface area contributed by atoms with Crippen LogP contribution in [0.3, 0.4) is 0 Å². The first-order chi connectivity index (χ1) is 10.9. The number of unbranched alkanes of at least 4 members (excludes halogenated alkanes) is 2. The van der Waals surface area contributed by atoms with Gasteiger partial charge in [-0.3, -0.25) is 4.18 Å². The predicted molar refractivity (Wildman–Crippen MR) is 96.0 cm³/mol. The van der Waals surface area contributed by atoms with Crippen molar-refractivity contribution in [3.05, 3.63) is 29.8 Å². The molecule has 0 fully saturated rings. The molecule has 0 amide bonds. The molecular formula is C19H32O3S. The molecule has 2 atom stereocenters. The third-order valence-electron chi connectivity index (χ3n) is 4.38. The molecule has 3 nitrogen and oxygen atoms in total. The lowest BCUT2D eigenvalue weighted by Crippen LogP contribution is -2.16. The summed E-state index contributed by atoms with van der Waals surface area (Å²) in [6.45, 7) is 8.79. The molecule has 0 aliphatic carbocycles. The summed E-state index contributed by atoms with van der Waals surface area (Å²) in [5.74, 6) is 0.920. The Labute approximate surface area is 142 Å². The van der Waals surface area contributed by atoms with Crippen molar-refractivity contribution in [3.8, 4) is 0 Å². The van der Waals surface area contributed by atoms with E-state index in [9.17, 15) is 8.42 Å². The lowest BCUT2D eigenvalue weighted by molar-refractivity contribution is 0.220. The van der Waals surface area contributed by atoms with Crippen molar-refractivity contribution in [3.63, 3.8) is 0 Å². The van der Waals surface area contributed by atoms with Crippen LogP contribution in [0.5, 0.6) is 0 Å². The fourth-order valence-electron chi connectivity index (χ4n) is 2.74. The Morgan fingerprint density at radius 2 is 1.74 bits per heavy atom. The third-order valence-corrected chi connectivity index (χ3v) is 5.68. The maximum atomic E-state index is 12.2. The molecule has 0 unspecified atom stereocenters. The van der Waals surface area contributed by atoms with Crippen LogP contribution in [-0.2, 0) is 14.3 Å². The number of aryl methyl sites for hydroxylation is 1. The van der Waals surface area contributed by atoms with Crippen LogP contribution in [0.1, 0.15) is 64.9 Å². The summed E-state index contributed by atoms with van der Waals surface area (Å²) in [5, 5.41) is 0.